The Morgan fingerprint density at radius 2 is 1.63 bits per heavy atom. The molecule has 3 aromatic rings. The van der Waals surface area contributed by atoms with Crippen molar-refractivity contribution in [2.45, 2.75) is 76.4 Å². The Hall–Kier alpha value is -3.36. The summed E-state index contributed by atoms with van der Waals surface area (Å²) in [5, 5.41) is 3.52. The van der Waals surface area contributed by atoms with E-state index in [1.807, 2.05) is 51.1 Å². The Morgan fingerprint density at radius 1 is 0.976 bits per heavy atom. The highest BCUT2D eigenvalue weighted by molar-refractivity contribution is 7.92. The average molecular weight is 596 g/mol. The Balaban J connectivity index is 1.72. The van der Waals surface area contributed by atoms with E-state index in [0.29, 0.717) is 11.4 Å². The second-order valence-corrected chi connectivity index (χ2v) is 12.9. The fourth-order valence-corrected chi connectivity index (χ4v) is 6.75. The monoisotopic (exact) mass is 595 g/mol. The number of carbonyl (C=O) groups excluding carboxylic acids is 2. The summed E-state index contributed by atoms with van der Waals surface area (Å²) in [7, 11) is -4.15. The predicted molar refractivity (Wildman–Crippen MR) is 163 cm³/mol. The maximum absolute atomic E-state index is 14.2. The van der Waals surface area contributed by atoms with Crippen molar-refractivity contribution in [1.82, 2.24) is 10.2 Å². The number of nitrogens with one attached hydrogen (secondary N) is 1. The van der Waals surface area contributed by atoms with Crippen molar-refractivity contribution in [3.05, 3.63) is 94.5 Å². The lowest BCUT2D eigenvalue weighted by molar-refractivity contribution is -0.140. The zero-order chi connectivity index (χ0) is 29.6. The van der Waals surface area contributed by atoms with Gasteiger partial charge in [-0.15, -0.1) is 0 Å². The van der Waals surface area contributed by atoms with Crippen LogP contribution in [0.1, 0.15) is 55.7 Å². The smallest absolute Gasteiger partial charge is 0.264 e. The number of carbonyl (C=O) groups is 2. The van der Waals surface area contributed by atoms with Crippen LogP contribution < -0.4 is 9.62 Å². The van der Waals surface area contributed by atoms with Crippen molar-refractivity contribution in [2.24, 2.45) is 0 Å². The van der Waals surface area contributed by atoms with Gasteiger partial charge in [0, 0.05) is 17.6 Å². The highest BCUT2D eigenvalue weighted by Gasteiger charge is 2.34. The fraction of sp³-hybridized carbons (Fsp3) is 0.375. The molecule has 4 rings (SSSR count). The van der Waals surface area contributed by atoms with Gasteiger partial charge in [-0.25, -0.2) is 8.42 Å². The van der Waals surface area contributed by atoms with E-state index in [9.17, 15) is 18.0 Å². The molecule has 9 heteroatoms. The molecule has 2 amide bonds. The van der Waals surface area contributed by atoms with Gasteiger partial charge in [0.15, 0.2) is 0 Å². The summed E-state index contributed by atoms with van der Waals surface area (Å²) in [4.78, 5) is 29.2. The van der Waals surface area contributed by atoms with Gasteiger partial charge in [0.2, 0.25) is 11.8 Å². The van der Waals surface area contributed by atoms with E-state index in [2.05, 4.69) is 5.32 Å². The van der Waals surface area contributed by atoms with Crippen LogP contribution in [0.4, 0.5) is 5.69 Å². The maximum atomic E-state index is 14.2. The lowest BCUT2D eigenvalue weighted by Gasteiger charge is -2.34. The first-order valence-corrected chi connectivity index (χ1v) is 15.9. The van der Waals surface area contributed by atoms with Crippen molar-refractivity contribution in [3.8, 4) is 0 Å². The summed E-state index contributed by atoms with van der Waals surface area (Å²) in [6.45, 7) is 5.25. The van der Waals surface area contributed by atoms with Crippen molar-refractivity contribution in [2.75, 3.05) is 10.8 Å². The fourth-order valence-electron chi connectivity index (χ4n) is 5.17. The maximum Gasteiger partial charge on any atom is 0.264 e. The molecule has 1 N–H and O–H groups in total. The molecule has 0 spiro atoms. The third kappa shape index (κ3) is 7.49. The van der Waals surface area contributed by atoms with Gasteiger partial charge in [0.1, 0.15) is 12.6 Å². The zero-order valence-electron chi connectivity index (χ0n) is 23.8. The first kappa shape index (κ1) is 30.6. The third-order valence-corrected chi connectivity index (χ3v) is 9.81. The van der Waals surface area contributed by atoms with Crippen LogP contribution in [-0.2, 0) is 26.2 Å². The molecule has 0 aliphatic heterocycles. The molecule has 1 aliphatic carbocycles. The highest BCUT2D eigenvalue weighted by Crippen LogP contribution is 2.29. The van der Waals surface area contributed by atoms with E-state index >= 15 is 0 Å². The number of halogens is 1. The summed E-state index contributed by atoms with van der Waals surface area (Å²) in [6, 6.07) is 20.2. The number of nitrogens with zero attached hydrogens (tertiary/aromatic N) is 2. The van der Waals surface area contributed by atoms with E-state index in [0.717, 1.165) is 46.7 Å². The highest BCUT2D eigenvalue weighted by atomic mass is 35.5. The van der Waals surface area contributed by atoms with Gasteiger partial charge in [-0.3, -0.25) is 13.9 Å². The Morgan fingerprint density at radius 3 is 2.24 bits per heavy atom. The minimum absolute atomic E-state index is 0.0632. The molecule has 7 nitrogen and oxygen atoms in total. The van der Waals surface area contributed by atoms with Crippen LogP contribution in [0.5, 0.6) is 0 Å². The molecular formula is C32H38ClN3O4S. The molecule has 0 unspecified atom stereocenters. The van der Waals surface area contributed by atoms with Crippen LogP contribution in [0.3, 0.4) is 0 Å². The average Bonchev–Trinajstić information content (AvgIpc) is 3.47. The molecule has 0 aromatic heterocycles. The Kier molecular flexibility index (Phi) is 10.1. The number of benzene rings is 3. The van der Waals surface area contributed by atoms with Crippen LogP contribution >= 0.6 is 11.6 Å². The normalized spacial score (nSPS) is 14.4. The van der Waals surface area contributed by atoms with Crippen molar-refractivity contribution in [3.63, 3.8) is 0 Å². The van der Waals surface area contributed by atoms with Gasteiger partial charge in [-0.05, 0) is 68.5 Å². The zero-order valence-corrected chi connectivity index (χ0v) is 25.4. The number of hydrogen-bond acceptors (Lipinski definition) is 4. The minimum atomic E-state index is -4.15. The van der Waals surface area contributed by atoms with Crippen LogP contribution in [0.15, 0.2) is 77.7 Å². The molecule has 1 saturated carbocycles. The summed E-state index contributed by atoms with van der Waals surface area (Å²) in [5.41, 5.74) is 2.82. The number of sulfonamides is 1. The second kappa shape index (κ2) is 13.5. The largest absolute Gasteiger partial charge is 0.352 e. The number of aryl methyl sites for hydroxylation is 2. The Bertz CT molecular complexity index is 1460. The molecule has 0 saturated heterocycles. The van der Waals surface area contributed by atoms with Gasteiger partial charge in [-0.2, -0.15) is 0 Å². The van der Waals surface area contributed by atoms with Gasteiger partial charge < -0.3 is 10.2 Å². The molecule has 0 bridgehead atoms. The predicted octanol–water partition coefficient (Wildman–Crippen LogP) is 6.02. The van der Waals surface area contributed by atoms with Gasteiger partial charge in [0.25, 0.3) is 10.0 Å². The van der Waals surface area contributed by atoms with Crippen LogP contribution in [0.2, 0.25) is 5.02 Å². The summed E-state index contributed by atoms with van der Waals surface area (Å²) < 4.78 is 29.1. The van der Waals surface area contributed by atoms with Crippen LogP contribution in [0.25, 0.3) is 0 Å². The van der Waals surface area contributed by atoms with E-state index < -0.39 is 28.5 Å². The SMILES string of the molecule is CC[C@H](C(=O)NC1CCCC1)N(Cc1ccccc1)C(=O)CN(c1ccc(C)c(Cl)c1)S(=O)(=O)c1ccc(C)cc1. The van der Waals surface area contributed by atoms with E-state index in [-0.39, 0.29) is 29.1 Å². The lowest BCUT2D eigenvalue weighted by Crippen LogP contribution is -2.53. The molecule has 1 fully saturated rings. The third-order valence-electron chi connectivity index (χ3n) is 7.61. The molecular weight excluding hydrogens is 558 g/mol. The second-order valence-electron chi connectivity index (χ2n) is 10.7. The molecule has 0 radical (unpaired) electrons. The van der Waals surface area contributed by atoms with Gasteiger partial charge in [0.05, 0.1) is 10.6 Å². The van der Waals surface area contributed by atoms with Crippen LogP contribution in [-0.4, -0.2) is 43.8 Å². The summed E-state index contributed by atoms with van der Waals surface area (Å²) in [6.07, 6.45) is 4.37. The molecule has 41 heavy (non-hydrogen) atoms. The quantitative estimate of drug-likeness (QED) is 0.294. The summed E-state index contributed by atoms with van der Waals surface area (Å²) >= 11 is 6.41. The van der Waals surface area contributed by atoms with Crippen molar-refractivity contribution >= 4 is 39.1 Å². The Labute approximate surface area is 248 Å². The lowest BCUT2D eigenvalue weighted by atomic mass is 10.1. The molecule has 3 aromatic carbocycles. The first-order valence-electron chi connectivity index (χ1n) is 14.1. The number of anilines is 1. The van der Waals surface area contributed by atoms with Crippen molar-refractivity contribution < 1.29 is 18.0 Å². The van der Waals surface area contributed by atoms with Crippen LogP contribution in [0, 0.1) is 13.8 Å². The minimum Gasteiger partial charge on any atom is -0.352 e. The topological polar surface area (TPSA) is 86.8 Å². The van der Waals surface area contributed by atoms with Gasteiger partial charge >= 0.3 is 0 Å². The number of amides is 2. The number of hydrogen-bond donors (Lipinski definition) is 1. The molecule has 0 heterocycles. The van der Waals surface area contributed by atoms with Crippen molar-refractivity contribution in [1.29, 1.82) is 0 Å². The number of rotatable bonds is 11. The first-order chi connectivity index (χ1) is 19.6. The van der Waals surface area contributed by atoms with E-state index in [1.54, 1.807) is 30.3 Å². The van der Waals surface area contributed by atoms with Gasteiger partial charge in [-0.1, -0.05) is 85.5 Å². The molecule has 218 valence electrons. The molecule has 1 atom stereocenters. The summed E-state index contributed by atoms with van der Waals surface area (Å²) in [5.74, 6) is -0.690. The van der Waals surface area contributed by atoms with E-state index in [4.69, 9.17) is 11.6 Å². The molecule has 1 aliphatic rings. The standard InChI is InChI=1S/C32H38ClN3O4S/c1-4-30(32(38)34-26-12-8-9-13-26)35(21-25-10-6-5-7-11-25)31(37)22-36(27-17-16-24(3)29(33)20-27)41(39,40)28-18-14-23(2)15-19-28/h5-7,10-11,14-20,26,30H,4,8-9,12-13,21-22H2,1-3H3,(H,34,38)/t30-/m1/s1. The van der Waals surface area contributed by atoms with E-state index in [1.165, 1.54) is 17.0 Å².